The minimum atomic E-state index is 0.285. The first kappa shape index (κ1) is 14.5. The van der Waals surface area contributed by atoms with Gasteiger partial charge < -0.3 is 5.32 Å². The van der Waals surface area contributed by atoms with E-state index in [9.17, 15) is 0 Å². The molecule has 1 aromatic rings. The normalized spacial score (nSPS) is 12.1. The van der Waals surface area contributed by atoms with Crippen LogP contribution in [0.25, 0.3) is 0 Å². The van der Waals surface area contributed by atoms with E-state index in [1.54, 1.807) is 0 Å². The molecule has 0 unspecified atom stereocenters. The lowest BCUT2D eigenvalue weighted by Gasteiger charge is -2.26. The van der Waals surface area contributed by atoms with Crippen LogP contribution in [0, 0.1) is 5.41 Å². The van der Waals surface area contributed by atoms with E-state index in [0.717, 1.165) is 24.4 Å². The SMILES string of the molecule is CC(C)NCCC(C)(C)Cc1ccccc1Cl. The van der Waals surface area contributed by atoms with Gasteiger partial charge in [0.25, 0.3) is 0 Å². The van der Waals surface area contributed by atoms with Gasteiger partial charge >= 0.3 is 0 Å². The van der Waals surface area contributed by atoms with Crippen molar-refractivity contribution < 1.29 is 0 Å². The fourth-order valence-corrected chi connectivity index (χ4v) is 2.15. The molecule has 0 radical (unpaired) electrons. The minimum absolute atomic E-state index is 0.285. The Hall–Kier alpha value is -0.530. The summed E-state index contributed by atoms with van der Waals surface area (Å²) < 4.78 is 0. The van der Waals surface area contributed by atoms with Crippen molar-refractivity contribution in [2.24, 2.45) is 5.41 Å². The Balaban J connectivity index is 2.51. The maximum Gasteiger partial charge on any atom is 0.0438 e. The molecule has 0 amide bonds. The third-order valence-corrected chi connectivity index (χ3v) is 3.35. The van der Waals surface area contributed by atoms with Gasteiger partial charge in [-0.2, -0.15) is 0 Å². The standard InChI is InChI=1S/C15H24ClN/c1-12(2)17-10-9-15(3,4)11-13-7-5-6-8-14(13)16/h5-8,12,17H,9-11H2,1-4H3. The van der Waals surface area contributed by atoms with Crippen molar-refractivity contribution in [3.8, 4) is 0 Å². The molecule has 0 saturated heterocycles. The summed E-state index contributed by atoms with van der Waals surface area (Å²) in [6.07, 6.45) is 2.20. The monoisotopic (exact) mass is 253 g/mol. The second-order valence-corrected chi connectivity index (χ2v) is 6.20. The first-order chi connectivity index (χ1) is 7.91. The Labute approximate surface area is 111 Å². The van der Waals surface area contributed by atoms with Gasteiger partial charge in [-0.15, -0.1) is 0 Å². The van der Waals surface area contributed by atoms with E-state index < -0.39 is 0 Å². The lowest BCUT2D eigenvalue weighted by molar-refractivity contribution is 0.320. The van der Waals surface area contributed by atoms with E-state index in [4.69, 9.17) is 11.6 Å². The van der Waals surface area contributed by atoms with Crippen LogP contribution in [0.4, 0.5) is 0 Å². The van der Waals surface area contributed by atoms with E-state index in [2.05, 4.69) is 45.1 Å². The van der Waals surface area contributed by atoms with Gasteiger partial charge in [-0.05, 0) is 36.4 Å². The first-order valence-electron chi connectivity index (χ1n) is 6.37. The van der Waals surface area contributed by atoms with E-state index in [1.807, 2.05) is 12.1 Å². The third kappa shape index (κ3) is 5.56. The summed E-state index contributed by atoms with van der Waals surface area (Å²) in [4.78, 5) is 0. The summed E-state index contributed by atoms with van der Waals surface area (Å²) in [5, 5.41) is 4.36. The molecule has 0 saturated carbocycles. The summed E-state index contributed by atoms with van der Waals surface area (Å²) in [6, 6.07) is 8.70. The van der Waals surface area contributed by atoms with Crippen LogP contribution in [0.1, 0.15) is 39.7 Å². The highest BCUT2D eigenvalue weighted by molar-refractivity contribution is 6.31. The Morgan fingerprint density at radius 1 is 1.24 bits per heavy atom. The summed E-state index contributed by atoms with van der Waals surface area (Å²) in [5.41, 5.74) is 1.54. The third-order valence-electron chi connectivity index (χ3n) is 2.98. The lowest BCUT2D eigenvalue weighted by Crippen LogP contribution is -2.28. The quantitative estimate of drug-likeness (QED) is 0.797. The minimum Gasteiger partial charge on any atom is -0.315 e. The van der Waals surface area contributed by atoms with Crippen molar-refractivity contribution >= 4 is 11.6 Å². The Kier molecular flexibility index (Phi) is 5.48. The van der Waals surface area contributed by atoms with Gasteiger partial charge in [-0.3, -0.25) is 0 Å². The molecule has 0 atom stereocenters. The van der Waals surface area contributed by atoms with Crippen molar-refractivity contribution in [3.05, 3.63) is 34.9 Å². The molecule has 1 N–H and O–H groups in total. The Morgan fingerprint density at radius 2 is 1.88 bits per heavy atom. The van der Waals surface area contributed by atoms with Crippen molar-refractivity contribution in [3.63, 3.8) is 0 Å². The maximum absolute atomic E-state index is 6.20. The zero-order valence-corrected chi connectivity index (χ0v) is 12.1. The average Bonchev–Trinajstić information content (AvgIpc) is 2.20. The van der Waals surface area contributed by atoms with Gasteiger partial charge in [0.05, 0.1) is 0 Å². The maximum atomic E-state index is 6.20. The highest BCUT2D eigenvalue weighted by Gasteiger charge is 2.19. The van der Waals surface area contributed by atoms with E-state index >= 15 is 0 Å². The number of benzene rings is 1. The van der Waals surface area contributed by atoms with Crippen LogP contribution in [-0.2, 0) is 6.42 Å². The molecular weight excluding hydrogens is 230 g/mol. The number of halogens is 1. The largest absolute Gasteiger partial charge is 0.315 e. The highest BCUT2D eigenvalue weighted by Crippen LogP contribution is 2.28. The molecule has 0 heterocycles. The second kappa shape index (κ2) is 6.42. The summed E-state index contributed by atoms with van der Waals surface area (Å²) >= 11 is 6.20. The number of nitrogens with one attached hydrogen (secondary N) is 1. The molecule has 17 heavy (non-hydrogen) atoms. The van der Waals surface area contributed by atoms with Crippen LogP contribution in [0.2, 0.25) is 5.02 Å². The van der Waals surface area contributed by atoms with Crippen molar-refractivity contribution in [1.82, 2.24) is 5.32 Å². The van der Waals surface area contributed by atoms with Crippen LogP contribution >= 0.6 is 11.6 Å². The molecule has 0 aromatic heterocycles. The molecule has 0 aliphatic heterocycles. The van der Waals surface area contributed by atoms with Gasteiger partial charge in [-0.25, -0.2) is 0 Å². The predicted molar refractivity (Wildman–Crippen MR) is 76.7 cm³/mol. The number of hydrogen-bond donors (Lipinski definition) is 1. The molecule has 1 rings (SSSR count). The zero-order valence-electron chi connectivity index (χ0n) is 11.4. The summed E-state index contributed by atoms with van der Waals surface area (Å²) in [7, 11) is 0. The molecule has 2 heteroatoms. The van der Waals surface area contributed by atoms with E-state index in [0.29, 0.717) is 6.04 Å². The fraction of sp³-hybridized carbons (Fsp3) is 0.600. The summed E-state index contributed by atoms with van der Waals surface area (Å²) in [6.45, 7) is 10.0. The lowest BCUT2D eigenvalue weighted by atomic mass is 9.82. The molecule has 0 aliphatic rings. The van der Waals surface area contributed by atoms with Gasteiger partial charge in [0, 0.05) is 11.1 Å². The van der Waals surface area contributed by atoms with Crippen LogP contribution in [0.3, 0.4) is 0 Å². The molecule has 0 spiro atoms. The molecule has 1 aromatic carbocycles. The molecule has 0 fully saturated rings. The first-order valence-corrected chi connectivity index (χ1v) is 6.75. The van der Waals surface area contributed by atoms with Crippen molar-refractivity contribution in [2.45, 2.75) is 46.6 Å². The molecule has 96 valence electrons. The highest BCUT2D eigenvalue weighted by atomic mass is 35.5. The van der Waals surface area contributed by atoms with Gasteiger partial charge in [-0.1, -0.05) is 57.5 Å². The van der Waals surface area contributed by atoms with Gasteiger partial charge in [0.15, 0.2) is 0 Å². The second-order valence-electron chi connectivity index (χ2n) is 5.79. The predicted octanol–water partition coefficient (Wildman–Crippen LogP) is 4.30. The number of rotatable bonds is 6. The topological polar surface area (TPSA) is 12.0 Å². The van der Waals surface area contributed by atoms with Gasteiger partial charge in [0.1, 0.15) is 0 Å². The summed E-state index contributed by atoms with van der Waals surface area (Å²) in [5.74, 6) is 0. The van der Waals surface area contributed by atoms with E-state index in [-0.39, 0.29) is 5.41 Å². The number of hydrogen-bond acceptors (Lipinski definition) is 1. The van der Waals surface area contributed by atoms with Crippen molar-refractivity contribution in [1.29, 1.82) is 0 Å². The Morgan fingerprint density at radius 3 is 2.47 bits per heavy atom. The van der Waals surface area contributed by atoms with Crippen LogP contribution < -0.4 is 5.32 Å². The van der Waals surface area contributed by atoms with E-state index in [1.165, 1.54) is 5.56 Å². The van der Waals surface area contributed by atoms with Crippen LogP contribution in [-0.4, -0.2) is 12.6 Å². The zero-order chi connectivity index (χ0) is 12.9. The molecule has 1 nitrogen and oxygen atoms in total. The van der Waals surface area contributed by atoms with Crippen LogP contribution in [0.15, 0.2) is 24.3 Å². The fourth-order valence-electron chi connectivity index (χ4n) is 1.94. The molecule has 0 aliphatic carbocycles. The smallest absolute Gasteiger partial charge is 0.0438 e. The van der Waals surface area contributed by atoms with Crippen molar-refractivity contribution in [2.75, 3.05) is 6.54 Å². The Bertz CT molecular complexity index is 345. The molecule has 0 bridgehead atoms. The van der Waals surface area contributed by atoms with Gasteiger partial charge in [0.2, 0.25) is 0 Å². The molecular formula is C15H24ClN. The average molecular weight is 254 g/mol. The van der Waals surface area contributed by atoms with Crippen LogP contribution in [0.5, 0.6) is 0 Å².